The topological polar surface area (TPSA) is 47.7 Å². The molecule has 0 aliphatic heterocycles. The van der Waals surface area contributed by atoms with Crippen LogP contribution in [-0.2, 0) is 13.1 Å². The van der Waals surface area contributed by atoms with Crippen molar-refractivity contribution in [3.05, 3.63) is 36.4 Å². The molecule has 0 spiro atoms. The van der Waals surface area contributed by atoms with Gasteiger partial charge in [-0.25, -0.2) is 9.97 Å². The SMILES string of the molecule is CCNCc1cn(Cc2cncn2C2CC2)cn1. The van der Waals surface area contributed by atoms with Crippen molar-refractivity contribution in [3.63, 3.8) is 0 Å². The van der Waals surface area contributed by atoms with E-state index in [1.54, 1.807) is 0 Å². The maximum absolute atomic E-state index is 4.40. The van der Waals surface area contributed by atoms with Gasteiger partial charge in [-0.3, -0.25) is 0 Å². The van der Waals surface area contributed by atoms with E-state index in [1.165, 1.54) is 18.5 Å². The second-order valence-corrected chi connectivity index (χ2v) is 4.84. The van der Waals surface area contributed by atoms with Crippen molar-refractivity contribution in [1.82, 2.24) is 24.4 Å². The van der Waals surface area contributed by atoms with Crippen LogP contribution >= 0.6 is 0 Å². The molecule has 3 rings (SSSR count). The number of nitrogens with zero attached hydrogens (tertiary/aromatic N) is 4. The molecule has 1 saturated carbocycles. The largest absolute Gasteiger partial charge is 0.331 e. The summed E-state index contributed by atoms with van der Waals surface area (Å²) in [6.45, 7) is 4.77. The lowest BCUT2D eigenvalue weighted by Gasteiger charge is -2.06. The standard InChI is InChI=1S/C13H19N5/c1-2-14-5-11-7-17(10-16-11)8-13-6-15-9-18(13)12-3-4-12/h6-7,9-10,12,14H,2-5,8H2,1H3. The third kappa shape index (κ3) is 2.46. The molecule has 0 aromatic carbocycles. The molecule has 1 aliphatic carbocycles. The molecular weight excluding hydrogens is 226 g/mol. The fraction of sp³-hybridized carbons (Fsp3) is 0.538. The van der Waals surface area contributed by atoms with Crippen LogP contribution in [0.5, 0.6) is 0 Å². The van der Waals surface area contributed by atoms with Gasteiger partial charge in [0.1, 0.15) is 0 Å². The minimum atomic E-state index is 0.687. The van der Waals surface area contributed by atoms with Crippen molar-refractivity contribution in [2.45, 2.75) is 38.9 Å². The van der Waals surface area contributed by atoms with Gasteiger partial charge in [-0.1, -0.05) is 6.92 Å². The Bertz CT molecular complexity index is 509. The summed E-state index contributed by atoms with van der Waals surface area (Å²) in [6.07, 6.45) is 10.5. The van der Waals surface area contributed by atoms with Crippen LogP contribution in [-0.4, -0.2) is 25.6 Å². The Labute approximate surface area is 107 Å². The average Bonchev–Trinajstić information content (AvgIpc) is 2.96. The molecule has 18 heavy (non-hydrogen) atoms. The first-order valence-electron chi connectivity index (χ1n) is 6.59. The molecule has 0 radical (unpaired) electrons. The van der Waals surface area contributed by atoms with E-state index in [0.29, 0.717) is 6.04 Å². The van der Waals surface area contributed by atoms with Crippen LogP contribution in [0.2, 0.25) is 0 Å². The van der Waals surface area contributed by atoms with E-state index < -0.39 is 0 Å². The van der Waals surface area contributed by atoms with E-state index in [2.05, 4.69) is 37.5 Å². The van der Waals surface area contributed by atoms with E-state index >= 15 is 0 Å². The van der Waals surface area contributed by atoms with Crippen molar-refractivity contribution in [2.75, 3.05) is 6.54 Å². The Morgan fingerprint density at radius 3 is 3.06 bits per heavy atom. The first-order chi connectivity index (χ1) is 8.86. The van der Waals surface area contributed by atoms with Crippen LogP contribution in [0, 0.1) is 0 Å². The van der Waals surface area contributed by atoms with Gasteiger partial charge in [-0.15, -0.1) is 0 Å². The molecule has 1 N–H and O–H groups in total. The summed E-state index contributed by atoms with van der Waals surface area (Å²) in [6, 6.07) is 0.687. The molecular formula is C13H19N5. The molecule has 2 aromatic rings. The predicted octanol–water partition coefficient (Wildman–Crippen LogP) is 1.57. The van der Waals surface area contributed by atoms with E-state index in [9.17, 15) is 0 Å². The van der Waals surface area contributed by atoms with Crippen molar-refractivity contribution >= 4 is 0 Å². The number of aromatic nitrogens is 4. The van der Waals surface area contributed by atoms with Gasteiger partial charge in [-0.2, -0.15) is 0 Å². The Morgan fingerprint density at radius 1 is 1.39 bits per heavy atom. The molecule has 96 valence electrons. The fourth-order valence-corrected chi connectivity index (χ4v) is 2.16. The zero-order valence-corrected chi connectivity index (χ0v) is 10.7. The highest BCUT2D eigenvalue weighted by molar-refractivity contribution is 5.06. The molecule has 0 saturated heterocycles. The molecule has 5 nitrogen and oxygen atoms in total. The Morgan fingerprint density at radius 2 is 2.28 bits per heavy atom. The van der Waals surface area contributed by atoms with Crippen molar-refractivity contribution < 1.29 is 0 Å². The van der Waals surface area contributed by atoms with Gasteiger partial charge < -0.3 is 14.5 Å². The Balaban J connectivity index is 1.67. The van der Waals surface area contributed by atoms with Crippen LogP contribution in [0.25, 0.3) is 0 Å². The molecule has 1 fully saturated rings. The van der Waals surface area contributed by atoms with Gasteiger partial charge >= 0.3 is 0 Å². The molecule has 0 amide bonds. The van der Waals surface area contributed by atoms with Gasteiger partial charge in [0.15, 0.2) is 0 Å². The summed E-state index contributed by atoms with van der Waals surface area (Å²) in [7, 11) is 0. The smallest absolute Gasteiger partial charge is 0.0953 e. The lowest BCUT2D eigenvalue weighted by Crippen LogP contribution is -2.11. The van der Waals surface area contributed by atoms with Crippen molar-refractivity contribution in [3.8, 4) is 0 Å². The Kier molecular flexibility index (Phi) is 3.15. The molecule has 0 bridgehead atoms. The van der Waals surface area contributed by atoms with Gasteiger partial charge in [0.05, 0.1) is 30.6 Å². The lowest BCUT2D eigenvalue weighted by molar-refractivity contribution is 0.655. The highest BCUT2D eigenvalue weighted by atomic mass is 15.1. The number of rotatable bonds is 6. The zero-order chi connectivity index (χ0) is 12.4. The van der Waals surface area contributed by atoms with Gasteiger partial charge in [0.25, 0.3) is 0 Å². The number of hydrogen-bond acceptors (Lipinski definition) is 3. The second-order valence-electron chi connectivity index (χ2n) is 4.84. The first kappa shape index (κ1) is 11.5. The summed E-state index contributed by atoms with van der Waals surface area (Å²) in [5.41, 5.74) is 2.36. The van der Waals surface area contributed by atoms with Crippen molar-refractivity contribution in [1.29, 1.82) is 0 Å². The summed E-state index contributed by atoms with van der Waals surface area (Å²) < 4.78 is 4.42. The summed E-state index contributed by atoms with van der Waals surface area (Å²) in [5, 5.41) is 3.28. The molecule has 2 aromatic heterocycles. The summed E-state index contributed by atoms with van der Waals surface area (Å²) in [5.74, 6) is 0. The van der Waals surface area contributed by atoms with Crippen molar-refractivity contribution in [2.24, 2.45) is 0 Å². The quantitative estimate of drug-likeness (QED) is 0.840. The Hall–Kier alpha value is -1.62. The second kappa shape index (κ2) is 4.94. The average molecular weight is 245 g/mol. The van der Waals surface area contributed by atoms with Gasteiger partial charge in [0.2, 0.25) is 0 Å². The van der Waals surface area contributed by atoms with Gasteiger partial charge in [0, 0.05) is 25.0 Å². The van der Waals surface area contributed by atoms with Crippen LogP contribution in [0.15, 0.2) is 25.0 Å². The van der Waals surface area contributed by atoms with Crippen LogP contribution in [0.4, 0.5) is 0 Å². The van der Waals surface area contributed by atoms with Crippen LogP contribution in [0.1, 0.15) is 37.2 Å². The molecule has 5 heteroatoms. The summed E-state index contributed by atoms with van der Waals surface area (Å²) in [4.78, 5) is 8.65. The van der Waals surface area contributed by atoms with Gasteiger partial charge in [-0.05, 0) is 19.4 Å². The lowest BCUT2D eigenvalue weighted by atomic mass is 10.4. The molecule has 0 unspecified atom stereocenters. The van der Waals surface area contributed by atoms with E-state index in [0.717, 1.165) is 25.3 Å². The minimum Gasteiger partial charge on any atom is -0.331 e. The third-order valence-corrected chi connectivity index (χ3v) is 3.27. The first-order valence-corrected chi connectivity index (χ1v) is 6.59. The maximum Gasteiger partial charge on any atom is 0.0953 e. The highest BCUT2D eigenvalue weighted by Crippen LogP contribution is 2.35. The normalized spacial score (nSPS) is 15.2. The zero-order valence-electron chi connectivity index (χ0n) is 10.7. The van der Waals surface area contributed by atoms with E-state index in [-0.39, 0.29) is 0 Å². The minimum absolute atomic E-state index is 0.687. The van der Waals surface area contributed by atoms with E-state index in [4.69, 9.17) is 0 Å². The van der Waals surface area contributed by atoms with Crippen LogP contribution < -0.4 is 5.32 Å². The number of nitrogens with one attached hydrogen (secondary N) is 1. The monoisotopic (exact) mass is 245 g/mol. The third-order valence-electron chi connectivity index (χ3n) is 3.27. The fourth-order valence-electron chi connectivity index (χ4n) is 2.16. The number of hydrogen-bond donors (Lipinski definition) is 1. The predicted molar refractivity (Wildman–Crippen MR) is 69.2 cm³/mol. The highest BCUT2D eigenvalue weighted by Gasteiger charge is 2.25. The van der Waals surface area contributed by atoms with E-state index in [1.807, 2.05) is 18.9 Å². The summed E-state index contributed by atoms with van der Waals surface area (Å²) >= 11 is 0. The number of imidazole rings is 2. The van der Waals surface area contributed by atoms with Crippen LogP contribution in [0.3, 0.4) is 0 Å². The molecule has 1 aliphatic rings. The molecule has 0 atom stereocenters. The molecule has 2 heterocycles. The maximum atomic E-state index is 4.40.